The van der Waals surface area contributed by atoms with Gasteiger partial charge in [0, 0.05) is 30.7 Å². The summed E-state index contributed by atoms with van der Waals surface area (Å²) in [5.74, 6) is 0.0635. The van der Waals surface area contributed by atoms with Gasteiger partial charge >= 0.3 is 0 Å². The third-order valence-electron chi connectivity index (χ3n) is 4.19. The maximum Gasteiger partial charge on any atom is 0.225 e. The monoisotopic (exact) mass is 275 g/mol. The van der Waals surface area contributed by atoms with Crippen LogP contribution >= 0.6 is 0 Å². The second-order valence-electron chi connectivity index (χ2n) is 6.06. The highest BCUT2D eigenvalue weighted by atomic mass is 16.1. The van der Waals surface area contributed by atoms with E-state index < -0.39 is 0 Å². The summed E-state index contributed by atoms with van der Waals surface area (Å²) in [4.78, 5) is 14.5. The highest BCUT2D eigenvalue weighted by Crippen LogP contribution is 2.28. The van der Waals surface area contributed by atoms with Crippen molar-refractivity contribution in [3.05, 3.63) is 29.8 Å². The molecular formula is C16H25N3O. The first kappa shape index (κ1) is 15.0. The minimum atomic E-state index is 0.0635. The molecule has 0 bridgehead atoms. The Hall–Kier alpha value is -1.39. The zero-order valence-electron chi connectivity index (χ0n) is 12.5. The van der Waals surface area contributed by atoms with E-state index in [-0.39, 0.29) is 11.4 Å². The van der Waals surface area contributed by atoms with E-state index in [0.29, 0.717) is 13.0 Å². The van der Waals surface area contributed by atoms with Crippen molar-refractivity contribution in [1.82, 2.24) is 4.90 Å². The first-order valence-electron chi connectivity index (χ1n) is 7.36. The molecule has 1 aliphatic rings. The van der Waals surface area contributed by atoms with Gasteiger partial charge in [0.2, 0.25) is 5.91 Å². The molecule has 1 aromatic carbocycles. The number of likely N-dealkylation sites (tertiary alicyclic amines) is 1. The number of hydrogen-bond donors (Lipinski definition) is 2. The summed E-state index contributed by atoms with van der Waals surface area (Å²) >= 11 is 0. The average Bonchev–Trinajstić information content (AvgIpc) is 2.76. The zero-order chi connectivity index (χ0) is 14.6. The van der Waals surface area contributed by atoms with E-state index in [1.54, 1.807) is 0 Å². The highest BCUT2D eigenvalue weighted by Gasteiger charge is 2.31. The molecule has 110 valence electrons. The van der Waals surface area contributed by atoms with Crippen LogP contribution in [0.1, 0.15) is 38.7 Å². The molecule has 0 aromatic heterocycles. The van der Waals surface area contributed by atoms with Gasteiger partial charge in [-0.1, -0.05) is 18.2 Å². The molecule has 0 radical (unpaired) electrons. The Bertz CT molecular complexity index is 471. The van der Waals surface area contributed by atoms with Gasteiger partial charge in [-0.05, 0) is 44.9 Å². The smallest absolute Gasteiger partial charge is 0.225 e. The van der Waals surface area contributed by atoms with E-state index in [2.05, 4.69) is 24.1 Å². The number of carbonyl (C=O) groups excluding carboxylic acids is 1. The van der Waals surface area contributed by atoms with E-state index in [4.69, 9.17) is 5.73 Å². The molecule has 1 heterocycles. The second-order valence-corrected chi connectivity index (χ2v) is 6.06. The number of benzene rings is 1. The van der Waals surface area contributed by atoms with Gasteiger partial charge in [0.05, 0.1) is 0 Å². The van der Waals surface area contributed by atoms with Gasteiger partial charge in [-0.3, -0.25) is 9.69 Å². The standard InChI is InChI=1S/C16H25N3O/c1-16(2)9-5-10-19(16)11-8-15(20)18-14-7-4-3-6-13(14)12-17/h3-4,6-7H,5,8-12,17H2,1-2H3,(H,18,20). The highest BCUT2D eigenvalue weighted by molar-refractivity contribution is 5.91. The number of amides is 1. The molecule has 0 saturated carbocycles. The fourth-order valence-electron chi connectivity index (χ4n) is 2.85. The Morgan fingerprint density at radius 3 is 2.80 bits per heavy atom. The lowest BCUT2D eigenvalue weighted by Gasteiger charge is -2.31. The van der Waals surface area contributed by atoms with Crippen LogP contribution < -0.4 is 11.1 Å². The molecule has 2 rings (SSSR count). The molecule has 1 fully saturated rings. The Kier molecular flexibility index (Phi) is 4.78. The number of nitrogens with one attached hydrogen (secondary N) is 1. The van der Waals surface area contributed by atoms with E-state index in [1.165, 1.54) is 12.8 Å². The predicted molar refractivity (Wildman–Crippen MR) is 82.5 cm³/mol. The number of nitrogens with two attached hydrogens (primary N) is 1. The number of rotatable bonds is 5. The summed E-state index contributed by atoms with van der Waals surface area (Å²) in [5.41, 5.74) is 7.72. The fourth-order valence-corrected chi connectivity index (χ4v) is 2.85. The number of anilines is 1. The number of para-hydroxylation sites is 1. The Morgan fingerprint density at radius 2 is 2.15 bits per heavy atom. The van der Waals surface area contributed by atoms with Crippen LogP contribution in [0.4, 0.5) is 5.69 Å². The lowest BCUT2D eigenvalue weighted by Crippen LogP contribution is -2.39. The van der Waals surface area contributed by atoms with Gasteiger partial charge in [-0.2, -0.15) is 0 Å². The van der Waals surface area contributed by atoms with Crippen LogP contribution in [0.25, 0.3) is 0 Å². The quantitative estimate of drug-likeness (QED) is 0.867. The van der Waals surface area contributed by atoms with E-state index in [9.17, 15) is 4.79 Å². The van der Waals surface area contributed by atoms with Gasteiger partial charge < -0.3 is 11.1 Å². The summed E-state index contributed by atoms with van der Waals surface area (Å²) in [5, 5.41) is 2.97. The van der Waals surface area contributed by atoms with Crippen LogP contribution in [0, 0.1) is 0 Å². The van der Waals surface area contributed by atoms with Gasteiger partial charge in [0.25, 0.3) is 0 Å². The molecule has 1 aromatic rings. The van der Waals surface area contributed by atoms with Crippen molar-refractivity contribution in [3.8, 4) is 0 Å². The Labute approximate surface area is 121 Å². The van der Waals surface area contributed by atoms with Crippen molar-refractivity contribution < 1.29 is 4.79 Å². The Morgan fingerprint density at radius 1 is 1.40 bits per heavy atom. The molecule has 0 atom stereocenters. The summed E-state index contributed by atoms with van der Waals surface area (Å²) < 4.78 is 0. The van der Waals surface area contributed by atoms with Crippen LogP contribution in [0.15, 0.2) is 24.3 Å². The van der Waals surface area contributed by atoms with Crippen LogP contribution in [0.5, 0.6) is 0 Å². The molecule has 1 saturated heterocycles. The molecule has 0 unspecified atom stereocenters. The van der Waals surface area contributed by atoms with Crippen LogP contribution in [-0.2, 0) is 11.3 Å². The molecule has 1 aliphatic heterocycles. The minimum absolute atomic E-state index is 0.0635. The largest absolute Gasteiger partial charge is 0.326 e. The van der Waals surface area contributed by atoms with Gasteiger partial charge in [0.1, 0.15) is 0 Å². The first-order chi connectivity index (χ1) is 9.53. The fraction of sp³-hybridized carbons (Fsp3) is 0.562. The number of nitrogens with zero attached hydrogens (tertiary/aromatic N) is 1. The van der Waals surface area contributed by atoms with Gasteiger partial charge in [-0.25, -0.2) is 0 Å². The maximum absolute atomic E-state index is 12.1. The lowest BCUT2D eigenvalue weighted by atomic mass is 10.0. The lowest BCUT2D eigenvalue weighted by molar-refractivity contribution is -0.116. The molecule has 0 aliphatic carbocycles. The maximum atomic E-state index is 12.1. The molecular weight excluding hydrogens is 250 g/mol. The topological polar surface area (TPSA) is 58.4 Å². The van der Waals surface area contributed by atoms with E-state index >= 15 is 0 Å². The van der Waals surface area contributed by atoms with Crippen LogP contribution in [-0.4, -0.2) is 29.4 Å². The third-order valence-corrected chi connectivity index (χ3v) is 4.19. The summed E-state index contributed by atoms with van der Waals surface area (Å²) in [6.07, 6.45) is 2.97. The number of carbonyl (C=O) groups is 1. The molecule has 20 heavy (non-hydrogen) atoms. The summed E-state index contributed by atoms with van der Waals surface area (Å²) in [6, 6.07) is 7.70. The van der Waals surface area contributed by atoms with Gasteiger partial charge in [0.15, 0.2) is 0 Å². The van der Waals surface area contributed by atoms with Crippen molar-refractivity contribution in [1.29, 1.82) is 0 Å². The van der Waals surface area contributed by atoms with Crippen molar-refractivity contribution in [3.63, 3.8) is 0 Å². The van der Waals surface area contributed by atoms with E-state index in [1.807, 2.05) is 24.3 Å². The normalized spacial score (nSPS) is 18.1. The average molecular weight is 275 g/mol. The van der Waals surface area contributed by atoms with Crippen molar-refractivity contribution in [2.45, 2.75) is 45.2 Å². The molecule has 1 amide bonds. The summed E-state index contributed by atoms with van der Waals surface area (Å²) in [7, 11) is 0. The van der Waals surface area contributed by atoms with Crippen LogP contribution in [0.2, 0.25) is 0 Å². The Balaban J connectivity index is 1.87. The van der Waals surface area contributed by atoms with Crippen molar-refractivity contribution in [2.75, 3.05) is 18.4 Å². The van der Waals surface area contributed by atoms with Crippen LogP contribution in [0.3, 0.4) is 0 Å². The molecule has 4 nitrogen and oxygen atoms in total. The second kappa shape index (κ2) is 6.37. The van der Waals surface area contributed by atoms with E-state index in [0.717, 1.165) is 24.3 Å². The zero-order valence-corrected chi connectivity index (χ0v) is 12.5. The number of hydrogen-bond acceptors (Lipinski definition) is 3. The SMILES string of the molecule is CC1(C)CCCN1CCC(=O)Nc1ccccc1CN. The summed E-state index contributed by atoms with van der Waals surface area (Å²) in [6.45, 7) is 6.86. The van der Waals surface area contributed by atoms with Crippen molar-refractivity contribution >= 4 is 11.6 Å². The van der Waals surface area contributed by atoms with Gasteiger partial charge in [-0.15, -0.1) is 0 Å². The third kappa shape index (κ3) is 3.58. The molecule has 0 spiro atoms. The predicted octanol–water partition coefficient (Wildman–Crippen LogP) is 2.35. The van der Waals surface area contributed by atoms with Crippen molar-refractivity contribution in [2.24, 2.45) is 5.73 Å². The first-order valence-corrected chi connectivity index (χ1v) is 7.36. The molecule has 4 heteroatoms. The minimum Gasteiger partial charge on any atom is -0.326 e. The molecule has 3 N–H and O–H groups in total.